The summed E-state index contributed by atoms with van der Waals surface area (Å²) in [4.78, 5) is 15.9. The van der Waals surface area contributed by atoms with Gasteiger partial charge in [0.2, 0.25) is 0 Å². The molecule has 1 fully saturated rings. The monoisotopic (exact) mass is 244 g/mol. The number of amides is 1. The lowest BCUT2D eigenvalue weighted by molar-refractivity contribution is -0.186. The Kier molecular flexibility index (Phi) is 3.04. The van der Waals surface area contributed by atoms with Crippen molar-refractivity contribution < 1.29 is 18.0 Å². The molecule has 0 unspecified atom stereocenters. The molecule has 0 aromatic carbocycles. The summed E-state index contributed by atoms with van der Waals surface area (Å²) >= 11 is 0. The summed E-state index contributed by atoms with van der Waals surface area (Å²) in [5.74, 6) is -1.75. The van der Waals surface area contributed by atoms with Gasteiger partial charge in [0.15, 0.2) is 0 Å². The van der Waals surface area contributed by atoms with Crippen LogP contribution in [0.5, 0.6) is 0 Å². The number of rotatable bonds is 3. The summed E-state index contributed by atoms with van der Waals surface area (Å²) in [6.45, 7) is -0.00840. The van der Waals surface area contributed by atoms with Gasteiger partial charge in [-0.05, 0) is 30.5 Å². The van der Waals surface area contributed by atoms with Crippen LogP contribution in [0.25, 0.3) is 0 Å². The van der Waals surface area contributed by atoms with Crippen molar-refractivity contribution in [2.24, 2.45) is 0 Å². The lowest BCUT2D eigenvalue weighted by Gasteiger charge is -2.23. The Morgan fingerprint density at radius 1 is 1.35 bits per heavy atom. The van der Waals surface area contributed by atoms with E-state index in [0.717, 1.165) is 4.90 Å². The molecule has 1 aliphatic rings. The topological polar surface area (TPSA) is 33.2 Å². The summed E-state index contributed by atoms with van der Waals surface area (Å²) in [7, 11) is 0. The molecule has 1 saturated carbocycles. The van der Waals surface area contributed by atoms with Crippen LogP contribution in [0.2, 0.25) is 0 Å². The third-order valence-corrected chi connectivity index (χ3v) is 2.59. The Labute approximate surface area is 96.3 Å². The van der Waals surface area contributed by atoms with E-state index in [-0.39, 0.29) is 12.6 Å². The van der Waals surface area contributed by atoms with Gasteiger partial charge in [0.1, 0.15) is 0 Å². The fourth-order valence-electron chi connectivity index (χ4n) is 1.60. The molecule has 6 heteroatoms. The van der Waals surface area contributed by atoms with Gasteiger partial charge >= 0.3 is 12.1 Å². The Hall–Kier alpha value is -1.59. The second-order valence-corrected chi connectivity index (χ2v) is 4.02. The largest absolute Gasteiger partial charge is 0.471 e. The Balaban J connectivity index is 2.11. The minimum atomic E-state index is -4.80. The first-order chi connectivity index (χ1) is 7.98. The predicted octanol–water partition coefficient (Wildman–Crippen LogP) is 2.13. The highest BCUT2D eigenvalue weighted by Gasteiger charge is 2.46. The minimum Gasteiger partial charge on any atom is -0.328 e. The van der Waals surface area contributed by atoms with Crippen LogP contribution in [-0.4, -0.2) is 28.0 Å². The summed E-state index contributed by atoms with van der Waals surface area (Å²) in [5.41, 5.74) is 0.657. The van der Waals surface area contributed by atoms with E-state index in [1.165, 1.54) is 12.4 Å². The van der Waals surface area contributed by atoms with Crippen LogP contribution in [0.1, 0.15) is 18.4 Å². The molecule has 0 saturated heterocycles. The fraction of sp³-hybridized carbons (Fsp3) is 0.455. The molecule has 1 aliphatic carbocycles. The number of nitrogens with zero attached hydrogens (tertiary/aromatic N) is 2. The molecule has 0 radical (unpaired) electrons. The van der Waals surface area contributed by atoms with Gasteiger partial charge in [-0.1, -0.05) is 0 Å². The van der Waals surface area contributed by atoms with Crippen molar-refractivity contribution in [1.82, 2.24) is 9.88 Å². The van der Waals surface area contributed by atoms with E-state index in [0.29, 0.717) is 18.4 Å². The normalized spacial score (nSPS) is 15.7. The van der Waals surface area contributed by atoms with Gasteiger partial charge < -0.3 is 4.90 Å². The maximum Gasteiger partial charge on any atom is 0.471 e. The molecule has 0 bridgehead atoms. The van der Waals surface area contributed by atoms with Crippen LogP contribution < -0.4 is 0 Å². The molecule has 2 rings (SSSR count). The molecular weight excluding hydrogens is 233 g/mol. The number of pyridine rings is 1. The van der Waals surface area contributed by atoms with E-state index in [9.17, 15) is 18.0 Å². The van der Waals surface area contributed by atoms with Crippen molar-refractivity contribution in [3.63, 3.8) is 0 Å². The Morgan fingerprint density at radius 2 is 1.94 bits per heavy atom. The highest BCUT2D eigenvalue weighted by Crippen LogP contribution is 2.32. The first-order valence-electron chi connectivity index (χ1n) is 5.25. The highest BCUT2D eigenvalue weighted by molar-refractivity contribution is 5.82. The Morgan fingerprint density at radius 3 is 2.41 bits per heavy atom. The van der Waals surface area contributed by atoms with Gasteiger partial charge in [-0.25, -0.2) is 0 Å². The van der Waals surface area contributed by atoms with E-state index in [1.54, 1.807) is 12.1 Å². The molecule has 92 valence electrons. The smallest absolute Gasteiger partial charge is 0.328 e. The summed E-state index contributed by atoms with van der Waals surface area (Å²) in [6, 6.07) is 2.95. The molecule has 3 nitrogen and oxygen atoms in total. The first-order valence-corrected chi connectivity index (χ1v) is 5.25. The zero-order valence-electron chi connectivity index (χ0n) is 8.94. The van der Waals surface area contributed by atoms with Crippen molar-refractivity contribution in [3.05, 3.63) is 30.1 Å². The van der Waals surface area contributed by atoms with Crippen LogP contribution in [0, 0.1) is 0 Å². The molecule has 1 amide bonds. The second-order valence-electron chi connectivity index (χ2n) is 4.02. The van der Waals surface area contributed by atoms with Crippen molar-refractivity contribution in [2.45, 2.75) is 31.6 Å². The molecular formula is C11H11F3N2O. The zero-order chi connectivity index (χ0) is 12.5. The number of aromatic nitrogens is 1. The predicted molar refractivity (Wildman–Crippen MR) is 53.9 cm³/mol. The van der Waals surface area contributed by atoms with Crippen molar-refractivity contribution >= 4 is 5.91 Å². The lowest BCUT2D eigenvalue weighted by atomic mass is 10.2. The second kappa shape index (κ2) is 4.35. The minimum absolute atomic E-state index is 0.00840. The van der Waals surface area contributed by atoms with Crippen LogP contribution >= 0.6 is 0 Å². The third-order valence-electron chi connectivity index (χ3n) is 2.59. The zero-order valence-corrected chi connectivity index (χ0v) is 8.94. The van der Waals surface area contributed by atoms with Gasteiger partial charge in [0.25, 0.3) is 0 Å². The molecule has 0 aliphatic heterocycles. The summed E-state index contributed by atoms with van der Waals surface area (Å²) in [5, 5.41) is 0. The fourth-order valence-corrected chi connectivity index (χ4v) is 1.60. The first kappa shape index (κ1) is 11.9. The van der Waals surface area contributed by atoms with Gasteiger partial charge in [0.05, 0.1) is 0 Å². The standard InChI is InChI=1S/C11H11F3N2O/c12-11(13,14)10(17)16(9-1-2-9)7-8-3-5-15-6-4-8/h3-6,9H,1-2,7H2. The molecule has 1 aromatic rings. The molecule has 1 heterocycles. The van der Waals surface area contributed by atoms with E-state index in [4.69, 9.17) is 0 Å². The maximum atomic E-state index is 12.4. The lowest BCUT2D eigenvalue weighted by Crippen LogP contribution is -2.42. The van der Waals surface area contributed by atoms with E-state index >= 15 is 0 Å². The number of halogens is 3. The van der Waals surface area contributed by atoms with E-state index < -0.39 is 12.1 Å². The van der Waals surface area contributed by atoms with Crippen molar-refractivity contribution in [3.8, 4) is 0 Å². The third kappa shape index (κ3) is 2.95. The van der Waals surface area contributed by atoms with E-state index in [1.807, 2.05) is 0 Å². The summed E-state index contributed by atoms with van der Waals surface area (Å²) in [6.07, 6.45) is -0.508. The molecule has 1 aromatic heterocycles. The molecule has 0 atom stereocenters. The van der Waals surface area contributed by atoms with Gasteiger partial charge in [-0.2, -0.15) is 13.2 Å². The molecule has 0 N–H and O–H groups in total. The van der Waals surface area contributed by atoms with Crippen LogP contribution in [0.3, 0.4) is 0 Å². The van der Waals surface area contributed by atoms with Crippen molar-refractivity contribution in [1.29, 1.82) is 0 Å². The summed E-state index contributed by atoms with van der Waals surface area (Å²) < 4.78 is 37.2. The number of alkyl halides is 3. The number of carbonyl (C=O) groups is 1. The van der Waals surface area contributed by atoms with Gasteiger partial charge in [-0.3, -0.25) is 9.78 Å². The SMILES string of the molecule is O=C(N(Cc1ccncc1)C1CC1)C(F)(F)F. The quantitative estimate of drug-likeness (QED) is 0.816. The number of hydrogen-bond acceptors (Lipinski definition) is 2. The Bertz CT molecular complexity index is 401. The molecule has 17 heavy (non-hydrogen) atoms. The van der Waals surface area contributed by atoms with Crippen LogP contribution in [0.15, 0.2) is 24.5 Å². The highest BCUT2D eigenvalue weighted by atomic mass is 19.4. The van der Waals surface area contributed by atoms with Gasteiger partial charge in [-0.15, -0.1) is 0 Å². The van der Waals surface area contributed by atoms with E-state index in [2.05, 4.69) is 4.98 Å². The van der Waals surface area contributed by atoms with Crippen LogP contribution in [-0.2, 0) is 11.3 Å². The average Bonchev–Trinajstić information content (AvgIpc) is 3.09. The van der Waals surface area contributed by atoms with Gasteiger partial charge in [0, 0.05) is 25.0 Å². The van der Waals surface area contributed by atoms with Crippen molar-refractivity contribution in [2.75, 3.05) is 0 Å². The number of carbonyl (C=O) groups excluding carboxylic acids is 1. The molecule has 0 spiro atoms. The maximum absolute atomic E-state index is 12.4. The number of hydrogen-bond donors (Lipinski definition) is 0. The van der Waals surface area contributed by atoms with Crippen LogP contribution in [0.4, 0.5) is 13.2 Å². The average molecular weight is 244 g/mol.